The van der Waals surface area contributed by atoms with E-state index in [9.17, 15) is 9.90 Å². The zero-order valence-electron chi connectivity index (χ0n) is 13.8. The number of nitrogens with zero attached hydrogens (tertiary/aromatic N) is 1. The fourth-order valence-electron chi connectivity index (χ4n) is 3.84. The molecule has 0 spiro atoms. The van der Waals surface area contributed by atoms with E-state index in [4.69, 9.17) is 4.74 Å². The van der Waals surface area contributed by atoms with Crippen LogP contribution in [0, 0.1) is 0 Å². The largest absolute Gasteiger partial charge is 0.497 e. The maximum Gasteiger partial charge on any atom is 0.317 e. The lowest BCUT2D eigenvalue weighted by Gasteiger charge is -2.28. The highest BCUT2D eigenvalue weighted by atomic mass is 16.5. The topological polar surface area (TPSA) is 61.8 Å². The third kappa shape index (κ3) is 3.44. The molecular formula is C18H26N2O3. The molecule has 0 saturated carbocycles. The number of aliphatic hydroxyl groups is 1. The molecule has 23 heavy (non-hydrogen) atoms. The quantitative estimate of drug-likeness (QED) is 0.895. The number of benzene rings is 1. The molecule has 1 aliphatic heterocycles. The molecule has 1 heterocycles. The van der Waals surface area contributed by atoms with Crippen LogP contribution < -0.4 is 10.1 Å². The molecule has 2 atom stereocenters. The van der Waals surface area contributed by atoms with Crippen LogP contribution in [0.5, 0.6) is 5.75 Å². The lowest BCUT2D eigenvalue weighted by atomic mass is 9.82. The summed E-state index contributed by atoms with van der Waals surface area (Å²) < 4.78 is 5.31. The van der Waals surface area contributed by atoms with Gasteiger partial charge >= 0.3 is 6.03 Å². The van der Waals surface area contributed by atoms with E-state index < -0.39 is 0 Å². The molecule has 0 radical (unpaired) electrons. The van der Waals surface area contributed by atoms with E-state index >= 15 is 0 Å². The highest BCUT2D eigenvalue weighted by molar-refractivity contribution is 5.75. The van der Waals surface area contributed by atoms with Crippen molar-refractivity contribution in [2.75, 3.05) is 26.8 Å². The number of hydrogen-bond donors (Lipinski definition) is 2. The summed E-state index contributed by atoms with van der Waals surface area (Å²) in [6.07, 6.45) is 5.20. The number of ether oxygens (including phenoxy) is 1. The minimum absolute atomic E-state index is 0.0158. The molecule has 0 bridgehead atoms. The minimum Gasteiger partial charge on any atom is -0.497 e. The molecule has 5 heteroatoms. The Balaban J connectivity index is 1.62. The second-order valence-electron chi connectivity index (χ2n) is 6.51. The van der Waals surface area contributed by atoms with Gasteiger partial charge in [0, 0.05) is 19.0 Å². The van der Waals surface area contributed by atoms with Crippen molar-refractivity contribution in [2.24, 2.45) is 0 Å². The second kappa shape index (κ2) is 7.21. The third-order valence-corrected chi connectivity index (χ3v) is 5.14. The van der Waals surface area contributed by atoms with Gasteiger partial charge in [0.1, 0.15) is 5.75 Å². The van der Waals surface area contributed by atoms with Crippen molar-refractivity contribution in [2.45, 2.75) is 44.1 Å². The fraction of sp³-hybridized carbons (Fsp3) is 0.611. The number of fused-ring (bicyclic) bond motifs is 1. The van der Waals surface area contributed by atoms with Crippen molar-refractivity contribution in [1.29, 1.82) is 0 Å². The third-order valence-electron chi connectivity index (χ3n) is 5.14. The summed E-state index contributed by atoms with van der Waals surface area (Å²) >= 11 is 0. The molecule has 1 aliphatic carbocycles. The van der Waals surface area contributed by atoms with Gasteiger partial charge in [-0.2, -0.15) is 0 Å². The summed E-state index contributed by atoms with van der Waals surface area (Å²) in [6, 6.07) is 6.20. The van der Waals surface area contributed by atoms with Crippen LogP contribution in [0.4, 0.5) is 4.79 Å². The molecule has 1 aromatic carbocycles. The van der Waals surface area contributed by atoms with Crippen LogP contribution in [0.15, 0.2) is 18.2 Å². The summed E-state index contributed by atoms with van der Waals surface area (Å²) in [5.74, 6) is 1.26. The minimum atomic E-state index is -0.0396. The SMILES string of the molecule is COc1ccc2c(c1)CCC[C@H]2CNC(=O)N1CCC[C@@H]1CO. The number of nitrogens with one attached hydrogen (secondary N) is 1. The highest BCUT2D eigenvalue weighted by Crippen LogP contribution is 2.33. The zero-order chi connectivity index (χ0) is 16.2. The highest BCUT2D eigenvalue weighted by Gasteiger charge is 2.29. The van der Waals surface area contributed by atoms with Crippen LogP contribution in [-0.2, 0) is 6.42 Å². The Labute approximate surface area is 137 Å². The van der Waals surface area contributed by atoms with E-state index in [-0.39, 0.29) is 18.7 Å². The average molecular weight is 318 g/mol. The van der Waals surface area contributed by atoms with Gasteiger partial charge in [-0.3, -0.25) is 0 Å². The average Bonchev–Trinajstić information content (AvgIpc) is 3.07. The normalized spacial score (nSPS) is 23.5. The van der Waals surface area contributed by atoms with Crippen molar-refractivity contribution in [3.8, 4) is 5.75 Å². The first-order valence-electron chi connectivity index (χ1n) is 8.55. The predicted octanol–water partition coefficient (Wildman–Crippen LogP) is 2.28. The number of hydrogen-bond acceptors (Lipinski definition) is 3. The van der Waals surface area contributed by atoms with E-state index in [0.29, 0.717) is 12.5 Å². The Kier molecular flexibility index (Phi) is 5.06. The van der Waals surface area contributed by atoms with Gasteiger partial charge in [-0.05, 0) is 55.4 Å². The number of methoxy groups -OCH3 is 1. The fourth-order valence-corrected chi connectivity index (χ4v) is 3.84. The summed E-state index contributed by atoms with van der Waals surface area (Å²) in [5, 5.41) is 12.4. The van der Waals surface area contributed by atoms with Crippen LogP contribution >= 0.6 is 0 Å². The summed E-state index contributed by atoms with van der Waals surface area (Å²) in [4.78, 5) is 14.1. The van der Waals surface area contributed by atoms with Gasteiger partial charge in [0.15, 0.2) is 0 Å². The molecule has 0 unspecified atom stereocenters. The van der Waals surface area contributed by atoms with Crippen LogP contribution in [0.25, 0.3) is 0 Å². The first-order valence-corrected chi connectivity index (χ1v) is 8.55. The Morgan fingerprint density at radius 3 is 3.04 bits per heavy atom. The monoisotopic (exact) mass is 318 g/mol. The standard InChI is InChI=1S/C18H26N2O3/c1-23-16-7-8-17-13(10-16)4-2-5-14(17)11-19-18(22)20-9-3-6-15(20)12-21/h7-8,10,14-15,21H,2-6,9,11-12H2,1H3,(H,19,22)/t14-,15+/m0/s1. The van der Waals surface area contributed by atoms with Gasteiger partial charge in [0.25, 0.3) is 0 Å². The maximum atomic E-state index is 12.4. The van der Waals surface area contributed by atoms with E-state index in [1.165, 1.54) is 11.1 Å². The number of aliphatic hydroxyl groups excluding tert-OH is 1. The summed E-state index contributed by atoms with van der Waals surface area (Å²) in [6.45, 7) is 1.46. The Bertz CT molecular complexity index is 561. The molecule has 1 saturated heterocycles. The Hall–Kier alpha value is -1.75. The maximum absolute atomic E-state index is 12.4. The molecule has 5 nitrogen and oxygen atoms in total. The number of aryl methyl sites for hydroxylation is 1. The van der Waals surface area contributed by atoms with Crippen molar-refractivity contribution in [3.05, 3.63) is 29.3 Å². The van der Waals surface area contributed by atoms with E-state index in [1.807, 2.05) is 6.07 Å². The summed E-state index contributed by atoms with van der Waals surface area (Å²) in [7, 11) is 1.69. The predicted molar refractivity (Wildman–Crippen MR) is 88.9 cm³/mol. The smallest absolute Gasteiger partial charge is 0.317 e. The molecule has 1 aromatic rings. The van der Waals surface area contributed by atoms with Gasteiger partial charge in [0.05, 0.1) is 19.8 Å². The molecule has 126 valence electrons. The Morgan fingerprint density at radius 2 is 2.26 bits per heavy atom. The van der Waals surface area contributed by atoms with Gasteiger partial charge in [-0.15, -0.1) is 0 Å². The van der Waals surface area contributed by atoms with Crippen LogP contribution in [-0.4, -0.2) is 48.9 Å². The van der Waals surface area contributed by atoms with Gasteiger partial charge < -0.3 is 20.1 Å². The molecule has 2 N–H and O–H groups in total. The van der Waals surface area contributed by atoms with Crippen LogP contribution in [0.2, 0.25) is 0 Å². The van der Waals surface area contributed by atoms with Gasteiger partial charge in [-0.25, -0.2) is 4.79 Å². The first kappa shape index (κ1) is 16.1. The van der Waals surface area contributed by atoms with Crippen molar-refractivity contribution < 1.29 is 14.6 Å². The van der Waals surface area contributed by atoms with Crippen LogP contribution in [0.1, 0.15) is 42.7 Å². The molecular weight excluding hydrogens is 292 g/mol. The molecule has 1 fully saturated rings. The van der Waals surface area contributed by atoms with E-state index in [0.717, 1.165) is 44.4 Å². The lowest BCUT2D eigenvalue weighted by molar-refractivity contribution is 0.156. The molecule has 2 aliphatic rings. The number of urea groups is 1. The van der Waals surface area contributed by atoms with E-state index in [2.05, 4.69) is 17.4 Å². The van der Waals surface area contributed by atoms with Gasteiger partial charge in [0.2, 0.25) is 0 Å². The number of rotatable bonds is 4. The molecule has 2 amide bonds. The number of amides is 2. The van der Waals surface area contributed by atoms with Crippen molar-refractivity contribution in [3.63, 3.8) is 0 Å². The number of carbonyl (C=O) groups is 1. The van der Waals surface area contributed by atoms with Crippen molar-refractivity contribution in [1.82, 2.24) is 10.2 Å². The Morgan fingerprint density at radius 1 is 1.39 bits per heavy atom. The lowest BCUT2D eigenvalue weighted by Crippen LogP contribution is -2.45. The molecule has 0 aromatic heterocycles. The number of carbonyl (C=O) groups excluding carboxylic acids is 1. The van der Waals surface area contributed by atoms with Gasteiger partial charge in [-0.1, -0.05) is 6.07 Å². The number of likely N-dealkylation sites (tertiary alicyclic amines) is 1. The summed E-state index contributed by atoms with van der Waals surface area (Å²) in [5.41, 5.74) is 2.67. The first-order chi connectivity index (χ1) is 11.2. The van der Waals surface area contributed by atoms with E-state index in [1.54, 1.807) is 12.0 Å². The van der Waals surface area contributed by atoms with Crippen molar-refractivity contribution >= 4 is 6.03 Å². The van der Waals surface area contributed by atoms with Crippen LogP contribution in [0.3, 0.4) is 0 Å². The second-order valence-corrected chi connectivity index (χ2v) is 6.51. The molecule has 3 rings (SSSR count). The zero-order valence-corrected chi connectivity index (χ0v) is 13.8.